The minimum absolute atomic E-state index is 0.180. The second-order valence-corrected chi connectivity index (χ2v) is 8.75. The summed E-state index contributed by atoms with van der Waals surface area (Å²) in [6.07, 6.45) is 1.40. The van der Waals surface area contributed by atoms with E-state index in [1.54, 1.807) is 0 Å². The van der Waals surface area contributed by atoms with Crippen LogP contribution in [0.25, 0.3) is 0 Å². The van der Waals surface area contributed by atoms with Crippen LogP contribution in [-0.2, 0) is 25.6 Å². The highest BCUT2D eigenvalue weighted by atomic mass is 16.2. The summed E-state index contributed by atoms with van der Waals surface area (Å²) in [5.74, 6) is 19.5. The second-order valence-electron chi connectivity index (χ2n) is 8.75. The third kappa shape index (κ3) is 11.0. The maximum absolute atomic E-state index is 11.6. The van der Waals surface area contributed by atoms with Gasteiger partial charge in [-0.1, -0.05) is 24.3 Å². The largest absolute Gasteiger partial charge is 0.370 e. The monoisotopic (exact) mass is 542 g/mol. The maximum Gasteiger partial charge on any atom is 0.235 e. The van der Waals surface area contributed by atoms with Crippen molar-refractivity contribution in [1.29, 1.82) is 0 Å². The van der Waals surface area contributed by atoms with E-state index >= 15 is 0 Å². The summed E-state index contributed by atoms with van der Waals surface area (Å²) in [5.41, 5.74) is 12.3. The van der Waals surface area contributed by atoms with E-state index in [4.69, 9.17) is 23.4 Å². The quantitative estimate of drug-likeness (QED) is 0.0689. The first kappa shape index (κ1) is 31.0. The zero-order chi connectivity index (χ0) is 28.6. The van der Waals surface area contributed by atoms with Crippen LogP contribution in [0.4, 0.5) is 11.4 Å². The molecule has 0 saturated heterocycles. The molecule has 0 saturated carbocycles. The Morgan fingerprint density at radius 1 is 0.487 bits per heavy atom. The molecule has 0 aromatic heterocycles. The number of amides is 4. The molecule has 12 N–H and O–H groups in total. The summed E-state index contributed by atoms with van der Waals surface area (Å²) < 4.78 is 0. The van der Waals surface area contributed by atoms with Crippen molar-refractivity contribution in [3.63, 3.8) is 0 Å². The average Bonchev–Trinajstić information content (AvgIpc) is 2.97. The summed E-state index contributed by atoms with van der Waals surface area (Å²) in [4.78, 5) is 50.3. The van der Waals surface area contributed by atoms with Gasteiger partial charge in [0.1, 0.15) is 0 Å². The summed E-state index contributed by atoms with van der Waals surface area (Å²) >= 11 is 0. The number of hydrazine groups is 4. The van der Waals surface area contributed by atoms with Crippen LogP contribution in [0.3, 0.4) is 0 Å². The Balaban J connectivity index is 2.07. The third-order valence-corrected chi connectivity index (χ3v) is 6.09. The number of nitrogens with one attached hydrogen (secondary N) is 4. The number of benzene rings is 2. The minimum Gasteiger partial charge on any atom is -0.370 e. The van der Waals surface area contributed by atoms with Gasteiger partial charge >= 0.3 is 0 Å². The van der Waals surface area contributed by atoms with E-state index in [2.05, 4.69) is 21.7 Å². The zero-order valence-corrected chi connectivity index (χ0v) is 21.8. The Morgan fingerprint density at radius 2 is 0.744 bits per heavy atom. The van der Waals surface area contributed by atoms with Crippen LogP contribution < -0.4 is 54.9 Å². The van der Waals surface area contributed by atoms with Crippen LogP contribution in [0, 0.1) is 0 Å². The van der Waals surface area contributed by atoms with Gasteiger partial charge in [0.15, 0.2) is 0 Å². The van der Waals surface area contributed by atoms with Gasteiger partial charge in [-0.05, 0) is 41.8 Å². The lowest BCUT2D eigenvalue weighted by Gasteiger charge is -2.25. The molecule has 14 heteroatoms. The Bertz CT molecular complexity index is 954. The highest BCUT2D eigenvalue weighted by Gasteiger charge is 2.13. The lowest BCUT2D eigenvalue weighted by atomic mass is 10.0. The number of hydrogen-bond acceptors (Lipinski definition) is 10. The topological polar surface area (TPSA) is 227 Å². The van der Waals surface area contributed by atoms with Crippen molar-refractivity contribution in [2.45, 2.75) is 32.1 Å². The van der Waals surface area contributed by atoms with Gasteiger partial charge in [-0.25, -0.2) is 23.4 Å². The van der Waals surface area contributed by atoms with Crippen molar-refractivity contribution >= 4 is 35.0 Å². The van der Waals surface area contributed by atoms with E-state index in [1.165, 1.54) is 0 Å². The molecule has 0 radical (unpaired) electrons. The van der Waals surface area contributed by atoms with Crippen LogP contribution >= 0.6 is 0 Å². The fourth-order valence-electron chi connectivity index (χ4n) is 3.86. The molecule has 0 unspecified atom stereocenters. The normalized spacial score (nSPS) is 10.4. The van der Waals surface area contributed by atoms with Crippen molar-refractivity contribution in [2.24, 2.45) is 23.4 Å². The molecule has 39 heavy (non-hydrogen) atoms. The van der Waals surface area contributed by atoms with Crippen LogP contribution in [0.2, 0.25) is 0 Å². The van der Waals surface area contributed by atoms with Gasteiger partial charge < -0.3 is 9.80 Å². The molecule has 2 rings (SSSR count). The molecule has 2 aromatic rings. The molecule has 0 fully saturated rings. The van der Waals surface area contributed by atoms with Gasteiger partial charge in [-0.15, -0.1) is 0 Å². The number of carbonyl (C=O) groups is 4. The first-order chi connectivity index (χ1) is 18.8. The molecule has 2 aromatic carbocycles. The van der Waals surface area contributed by atoms with Crippen molar-refractivity contribution in [2.75, 3.05) is 36.0 Å². The van der Waals surface area contributed by atoms with E-state index in [0.717, 1.165) is 22.5 Å². The van der Waals surface area contributed by atoms with E-state index in [-0.39, 0.29) is 49.3 Å². The van der Waals surface area contributed by atoms with E-state index < -0.39 is 0 Å². The number of rotatable bonds is 16. The number of carbonyl (C=O) groups excluding carboxylic acids is 4. The van der Waals surface area contributed by atoms with Gasteiger partial charge in [0.25, 0.3) is 0 Å². The van der Waals surface area contributed by atoms with Crippen molar-refractivity contribution in [1.82, 2.24) is 21.7 Å². The molecule has 0 aliphatic rings. The van der Waals surface area contributed by atoms with Gasteiger partial charge in [-0.2, -0.15) is 0 Å². The Kier molecular flexibility index (Phi) is 13.2. The molecule has 0 bridgehead atoms. The predicted octanol–water partition coefficient (Wildman–Crippen LogP) is -1.59. The molecular formula is C25H38N10O4. The van der Waals surface area contributed by atoms with E-state index in [1.807, 2.05) is 58.3 Å². The fraction of sp³-hybridized carbons (Fsp3) is 0.360. The number of hydrogen-bond donors (Lipinski definition) is 8. The van der Waals surface area contributed by atoms with Crippen molar-refractivity contribution in [3.05, 3.63) is 59.7 Å². The van der Waals surface area contributed by atoms with E-state index in [0.29, 0.717) is 32.6 Å². The first-order valence-electron chi connectivity index (χ1n) is 12.4. The molecule has 0 aliphatic heterocycles. The van der Waals surface area contributed by atoms with Gasteiger partial charge in [-0.3, -0.25) is 40.9 Å². The van der Waals surface area contributed by atoms with Crippen LogP contribution in [0.15, 0.2) is 48.5 Å². The Labute approximate surface area is 227 Å². The van der Waals surface area contributed by atoms with Gasteiger partial charge in [0.2, 0.25) is 23.6 Å². The first-order valence-corrected chi connectivity index (χ1v) is 12.4. The molecule has 14 nitrogen and oxygen atoms in total. The maximum atomic E-state index is 11.6. The molecule has 0 spiro atoms. The Morgan fingerprint density at radius 3 is 0.974 bits per heavy atom. The lowest BCUT2D eigenvalue weighted by molar-refractivity contribution is -0.122. The Hall–Kier alpha value is -4.24. The molecular weight excluding hydrogens is 504 g/mol. The molecule has 212 valence electrons. The number of nitrogens with two attached hydrogens (primary N) is 4. The zero-order valence-electron chi connectivity index (χ0n) is 21.8. The molecule has 0 aliphatic carbocycles. The fourth-order valence-corrected chi connectivity index (χ4v) is 3.86. The predicted molar refractivity (Wildman–Crippen MR) is 148 cm³/mol. The molecule has 4 amide bonds. The number of anilines is 2. The number of nitrogens with zero attached hydrogens (tertiary/aromatic N) is 2. The SMILES string of the molecule is NNC(=O)CCN(CCC(=O)NN)c1ccc(Cc2ccc(N(CCC(=O)NN)CCC(=O)NN)cc2)cc1. The second kappa shape index (κ2) is 16.6. The van der Waals surface area contributed by atoms with Crippen LogP contribution in [0.5, 0.6) is 0 Å². The van der Waals surface area contributed by atoms with Gasteiger partial charge in [0, 0.05) is 63.2 Å². The highest BCUT2D eigenvalue weighted by Crippen LogP contribution is 2.21. The van der Waals surface area contributed by atoms with Crippen LogP contribution in [0.1, 0.15) is 36.8 Å². The standard InChI is InChI=1S/C25H38N10O4/c26-30-22(36)9-13-34(14-10-23(37)31-27)20-5-1-18(2-6-20)17-19-3-7-21(8-4-19)35(15-11-24(38)32-28)16-12-25(39)33-29/h1-8H,9-17,26-29H2,(H,30,36)(H,31,37)(H,32,38)(H,33,39). The van der Waals surface area contributed by atoms with Crippen molar-refractivity contribution in [3.8, 4) is 0 Å². The van der Waals surface area contributed by atoms with Crippen LogP contribution in [-0.4, -0.2) is 49.8 Å². The van der Waals surface area contributed by atoms with Gasteiger partial charge in [0.05, 0.1) is 0 Å². The lowest BCUT2D eigenvalue weighted by Crippen LogP contribution is -2.37. The summed E-state index contributed by atoms with van der Waals surface area (Å²) in [6, 6.07) is 15.7. The smallest absolute Gasteiger partial charge is 0.235 e. The minimum atomic E-state index is -0.299. The average molecular weight is 543 g/mol. The summed E-state index contributed by atoms with van der Waals surface area (Å²) in [5, 5.41) is 0. The van der Waals surface area contributed by atoms with E-state index in [9.17, 15) is 19.2 Å². The summed E-state index contributed by atoms with van der Waals surface area (Å²) in [7, 11) is 0. The molecule has 0 heterocycles. The molecule has 0 atom stereocenters. The highest BCUT2D eigenvalue weighted by molar-refractivity contribution is 5.78. The summed E-state index contributed by atoms with van der Waals surface area (Å²) in [6.45, 7) is 1.55. The third-order valence-electron chi connectivity index (χ3n) is 6.09. The van der Waals surface area contributed by atoms with Crippen molar-refractivity contribution < 1.29 is 19.2 Å².